The van der Waals surface area contributed by atoms with Crippen LogP contribution in [0, 0.1) is 6.92 Å². The molecule has 2 heterocycles. The van der Waals surface area contributed by atoms with Crippen LogP contribution in [0.15, 0.2) is 42.5 Å². The van der Waals surface area contributed by atoms with E-state index in [1.807, 2.05) is 41.9 Å². The van der Waals surface area contributed by atoms with E-state index in [2.05, 4.69) is 10.4 Å². The van der Waals surface area contributed by atoms with Crippen LogP contribution in [0.4, 0.5) is 0 Å². The molecule has 1 aromatic heterocycles. The lowest BCUT2D eigenvalue weighted by atomic mass is 10.1. The Morgan fingerprint density at radius 3 is 2.30 bits per heavy atom. The molecule has 1 aliphatic heterocycles. The Kier molecular flexibility index (Phi) is 6.66. The van der Waals surface area contributed by atoms with Crippen LogP contribution in [0.25, 0.3) is 16.9 Å². The van der Waals surface area contributed by atoms with Crippen molar-refractivity contribution in [2.24, 2.45) is 0 Å². The smallest absolute Gasteiger partial charge is 0.141 e. The second kappa shape index (κ2) is 9.25. The number of thiocarbonyl (C=S) groups is 1. The van der Waals surface area contributed by atoms with Gasteiger partial charge in [0.05, 0.1) is 16.4 Å². The van der Waals surface area contributed by atoms with Crippen molar-refractivity contribution in [1.29, 1.82) is 0 Å². The van der Waals surface area contributed by atoms with Crippen LogP contribution < -0.4 is 5.43 Å². The number of hydrogen-bond acceptors (Lipinski definition) is 3. The number of aromatic nitrogens is 2. The lowest BCUT2D eigenvalue weighted by molar-refractivity contribution is 0.196. The SMILES string of the molecule is Cc1c(C(=S)NN2CCCCC2)nn(-c2ccc(Cl)cc2Cl)c1-c1ccc(Cl)cc1. The number of nitrogens with one attached hydrogen (secondary N) is 1. The summed E-state index contributed by atoms with van der Waals surface area (Å²) in [6.07, 6.45) is 3.59. The normalized spacial score (nSPS) is 14.7. The van der Waals surface area contributed by atoms with Crippen LogP contribution in [0.3, 0.4) is 0 Å². The maximum Gasteiger partial charge on any atom is 0.141 e. The van der Waals surface area contributed by atoms with Crippen molar-refractivity contribution in [3.63, 3.8) is 0 Å². The van der Waals surface area contributed by atoms with E-state index in [1.54, 1.807) is 12.1 Å². The largest absolute Gasteiger partial charge is 0.308 e. The molecular weight excluding hydrogens is 459 g/mol. The maximum atomic E-state index is 6.52. The van der Waals surface area contributed by atoms with Gasteiger partial charge in [-0.3, -0.25) is 0 Å². The fourth-order valence-corrected chi connectivity index (χ4v) is 4.63. The summed E-state index contributed by atoms with van der Waals surface area (Å²) < 4.78 is 1.83. The first-order chi connectivity index (χ1) is 14.4. The van der Waals surface area contributed by atoms with Crippen molar-refractivity contribution in [1.82, 2.24) is 20.2 Å². The first kappa shape index (κ1) is 21.6. The molecule has 0 bridgehead atoms. The zero-order chi connectivity index (χ0) is 21.3. The number of hydrogen-bond donors (Lipinski definition) is 1. The molecule has 1 aliphatic rings. The molecule has 8 heteroatoms. The quantitative estimate of drug-likeness (QED) is 0.434. The van der Waals surface area contributed by atoms with E-state index < -0.39 is 0 Å². The minimum Gasteiger partial charge on any atom is -0.308 e. The summed E-state index contributed by atoms with van der Waals surface area (Å²) in [5.41, 5.74) is 7.69. The van der Waals surface area contributed by atoms with Crippen LogP contribution >= 0.6 is 47.0 Å². The van der Waals surface area contributed by atoms with Crippen molar-refractivity contribution in [2.75, 3.05) is 13.1 Å². The van der Waals surface area contributed by atoms with Crippen LogP contribution in [-0.2, 0) is 0 Å². The molecular formula is C22H21Cl3N4S. The molecule has 1 saturated heterocycles. The maximum absolute atomic E-state index is 6.52. The average Bonchev–Trinajstić information content (AvgIpc) is 3.06. The van der Waals surface area contributed by atoms with Crippen molar-refractivity contribution in [2.45, 2.75) is 26.2 Å². The van der Waals surface area contributed by atoms with Gasteiger partial charge in [-0.2, -0.15) is 5.10 Å². The summed E-state index contributed by atoms with van der Waals surface area (Å²) >= 11 is 24.5. The van der Waals surface area contributed by atoms with E-state index in [0.29, 0.717) is 20.1 Å². The first-order valence-corrected chi connectivity index (χ1v) is 11.3. The number of rotatable bonds is 4. The highest BCUT2D eigenvalue weighted by molar-refractivity contribution is 7.80. The number of benzene rings is 2. The van der Waals surface area contributed by atoms with Crippen LogP contribution in [0.1, 0.15) is 30.5 Å². The highest BCUT2D eigenvalue weighted by Crippen LogP contribution is 2.33. The van der Waals surface area contributed by atoms with Gasteiger partial charge < -0.3 is 5.43 Å². The van der Waals surface area contributed by atoms with Crippen LogP contribution in [-0.4, -0.2) is 32.9 Å². The third-order valence-electron chi connectivity index (χ3n) is 5.21. The molecule has 4 nitrogen and oxygen atoms in total. The van der Waals surface area contributed by atoms with Crippen molar-refractivity contribution >= 4 is 52.0 Å². The Hall–Kier alpha value is -1.63. The second-order valence-corrected chi connectivity index (χ2v) is 9.01. The molecule has 0 spiro atoms. The fraction of sp³-hybridized carbons (Fsp3) is 0.273. The first-order valence-electron chi connectivity index (χ1n) is 9.81. The predicted molar refractivity (Wildman–Crippen MR) is 129 cm³/mol. The summed E-state index contributed by atoms with van der Waals surface area (Å²) in [7, 11) is 0. The van der Waals surface area contributed by atoms with Gasteiger partial charge >= 0.3 is 0 Å². The molecule has 156 valence electrons. The van der Waals surface area contributed by atoms with Gasteiger partial charge in [-0.05, 0) is 50.1 Å². The van der Waals surface area contributed by atoms with Gasteiger partial charge in [-0.25, -0.2) is 9.69 Å². The minimum absolute atomic E-state index is 0.515. The van der Waals surface area contributed by atoms with Crippen molar-refractivity contribution in [3.05, 3.63) is 68.8 Å². The Balaban J connectivity index is 1.80. The molecule has 0 atom stereocenters. The van der Waals surface area contributed by atoms with Gasteiger partial charge in [-0.15, -0.1) is 0 Å². The van der Waals surface area contributed by atoms with Crippen molar-refractivity contribution < 1.29 is 0 Å². The zero-order valence-corrected chi connectivity index (χ0v) is 19.5. The number of hydrazine groups is 1. The standard InChI is InChI=1S/C22H21Cl3N4S/c1-14-20(22(30)27-28-11-3-2-4-12-28)26-29(19-10-9-17(24)13-18(19)25)21(14)15-5-7-16(23)8-6-15/h5-10,13H,2-4,11-12H2,1H3,(H,27,30). The van der Waals surface area contributed by atoms with Gasteiger partial charge in [0.2, 0.25) is 0 Å². The monoisotopic (exact) mass is 478 g/mol. The Labute approximate surface area is 196 Å². The van der Waals surface area contributed by atoms with Crippen LogP contribution in [0.5, 0.6) is 0 Å². The molecule has 3 aromatic rings. The topological polar surface area (TPSA) is 33.1 Å². The van der Waals surface area contributed by atoms with E-state index in [1.165, 1.54) is 19.3 Å². The van der Waals surface area contributed by atoms with Crippen LogP contribution in [0.2, 0.25) is 15.1 Å². The van der Waals surface area contributed by atoms with Gasteiger partial charge in [0.25, 0.3) is 0 Å². The van der Waals surface area contributed by atoms with Gasteiger partial charge in [0.1, 0.15) is 10.7 Å². The molecule has 2 aromatic carbocycles. The molecule has 0 radical (unpaired) electrons. The summed E-state index contributed by atoms with van der Waals surface area (Å²) in [6, 6.07) is 13.0. The molecule has 0 aliphatic carbocycles. The summed E-state index contributed by atoms with van der Waals surface area (Å²) in [5.74, 6) is 0. The lowest BCUT2D eigenvalue weighted by Gasteiger charge is -2.27. The fourth-order valence-electron chi connectivity index (χ4n) is 3.69. The molecule has 1 N–H and O–H groups in total. The van der Waals surface area contributed by atoms with Gasteiger partial charge in [0, 0.05) is 34.3 Å². The highest BCUT2D eigenvalue weighted by Gasteiger charge is 2.23. The molecule has 30 heavy (non-hydrogen) atoms. The Morgan fingerprint density at radius 2 is 1.63 bits per heavy atom. The lowest BCUT2D eigenvalue weighted by Crippen LogP contribution is -2.44. The number of halogens is 3. The van der Waals surface area contributed by atoms with E-state index >= 15 is 0 Å². The second-order valence-electron chi connectivity index (χ2n) is 7.33. The number of piperidine rings is 1. The highest BCUT2D eigenvalue weighted by atomic mass is 35.5. The van der Waals surface area contributed by atoms with Gasteiger partial charge in [-0.1, -0.05) is 65.6 Å². The van der Waals surface area contributed by atoms with E-state index in [-0.39, 0.29) is 0 Å². The Morgan fingerprint density at radius 1 is 0.967 bits per heavy atom. The summed E-state index contributed by atoms with van der Waals surface area (Å²) in [4.78, 5) is 0.605. The summed E-state index contributed by atoms with van der Waals surface area (Å²) in [6.45, 7) is 3.98. The molecule has 0 amide bonds. The summed E-state index contributed by atoms with van der Waals surface area (Å²) in [5, 5.41) is 8.79. The predicted octanol–water partition coefficient (Wildman–Crippen LogP) is 6.47. The zero-order valence-electron chi connectivity index (χ0n) is 16.5. The average molecular weight is 480 g/mol. The third kappa shape index (κ3) is 4.51. The Bertz CT molecular complexity index is 1070. The van der Waals surface area contributed by atoms with Crippen molar-refractivity contribution in [3.8, 4) is 16.9 Å². The molecule has 1 fully saturated rings. The number of nitrogens with zero attached hydrogens (tertiary/aromatic N) is 3. The molecule has 4 rings (SSSR count). The van der Waals surface area contributed by atoms with Gasteiger partial charge in [0.15, 0.2) is 0 Å². The van der Waals surface area contributed by atoms with E-state index in [4.69, 9.17) is 52.1 Å². The van der Waals surface area contributed by atoms with E-state index in [0.717, 1.165) is 41.3 Å². The molecule has 0 unspecified atom stereocenters. The molecule has 0 saturated carbocycles. The third-order valence-corrected chi connectivity index (χ3v) is 6.28. The minimum atomic E-state index is 0.515. The van der Waals surface area contributed by atoms with E-state index in [9.17, 15) is 0 Å².